The van der Waals surface area contributed by atoms with Gasteiger partial charge in [0.25, 0.3) is 0 Å². The molecule has 94 valence electrons. The van der Waals surface area contributed by atoms with E-state index in [4.69, 9.17) is 5.73 Å². The fraction of sp³-hybridized carbons (Fsp3) is 0.643. The van der Waals surface area contributed by atoms with Gasteiger partial charge in [-0.15, -0.1) is 0 Å². The molecule has 0 spiro atoms. The SMILES string of the molecule is CCn1cc(/C=C(/CN)C2CCCCC2)cn1. The molecule has 0 aliphatic heterocycles. The number of hydrogen-bond donors (Lipinski definition) is 1. The monoisotopic (exact) mass is 233 g/mol. The zero-order valence-corrected chi connectivity index (χ0v) is 10.7. The van der Waals surface area contributed by atoms with Crippen molar-refractivity contribution in [1.82, 2.24) is 9.78 Å². The van der Waals surface area contributed by atoms with E-state index in [9.17, 15) is 0 Å². The van der Waals surface area contributed by atoms with Crippen molar-refractivity contribution in [2.24, 2.45) is 11.7 Å². The highest BCUT2D eigenvalue weighted by Gasteiger charge is 2.16. The number of nitrogens with two attached hydrogens (primary N) is 1. The predicted octanol–water partition coefficient (Wildman–Crippen LogP) is 2.83. The van der Waals surface area contributed by atoms with Gasteiger partial charge in [-0.2, -0.15) is 5.10 Å². The maximum Gasteiger partial charge on any atom is 0.0562 e. The Balaban J connectivity index is 2.10. The molecule has 1 aromatic rings. The molecule has 1 aliphatic rings. The van der Waals surface area contributed by atoms with Gasteiger partial charge in [-0.1, -0.05) is 30.9 Å². The summed E-state index contributed by atoms with van der Waals surface area (Å²) in [5, 5.41) is 4.30. The van der Waals surface area contributed by atoms with E-state index < -0.39 is 0 Å². The van der Waals surface area contributed by atoms with Crippen molar-refractivity contribution in [3.05, 3.63) is 23.5 Å². The van der Waals surface area contributed by atoms with Crippen LogP contribution in [0, 0.1) is 5.92 Å². The van der Waals surface area contributed by atoms with Gasteiger partial charge < -0.3 is 5.73 Å². The Labute approximate surface area is 104 Å². The minimum Gasteiger partial charge on any atom is -0.327 e. The Hall–Kier alpha value is -1.09. The first-order valence-electron chi connectivity index (χ1n) is 6.76. The van der Waals surface area contributed by atoms with E-state index in [1.807, 2.05) is 10.9 Å². The van der Waals surface area contributed by atoms with Crippen molar-refractivity contribution in [1.29, 1.82) is 0 Å². The van der Waals surface area contributed by atoms with Crippen LogP contribution in [-0.4, -0.2) is 16.3 Å². The van der Waals surface area contributed by atoms with Crippen molar-refractivity contribution >= 4 is 6.08 Å². The van der Waals surface area contributed by atoms with E-state index >= 15 is 0 Å². The molecule has 0 unspecified atom stereocenters. The first kappa shape index (κ1) is 12.4. The van der Waals surface area contributed by atoms with Gasteiger partial charge in [-0.25, -0.2) is 0 Å². The summed E-state index contributed by atoms with van der Waals surface area (Å²) in [7, 11) is 0. The van der Waals surface area contributed by atoms with Crippen LogP contribution >= 0.6 is 0 Å². The lowest BCUT2D eigenvalue weighted by atomic mass is 9.83. The highest BCUT2D eigenvalue weighted by atomic mass is 15.3. The van der Waals surface area contributed by atoms with E-state index in [0.717, 1.165) is 6.54 Å². The largest absolute Gasteiger partial charge is 0.327 e. The second-order valence-corrected chi connectivity index (χ2v) is 4.89. The molecule has 1 aliphatic carbocycles. The normalized spacial score (nSPS) is 18.6. The summed E-state index contributed by atoms with van der Waals surface area (Å²) in [5.74, 6) is 0.707. The summed E-state index contributed by atoms with van der Waals surface area (Å²) in [5.41, 5.74) is 8.49. The van der Waals surface area contributed by atoms with Crippen LogP contribution in [0.4, 0.5) is 0 Å². The number of aromatic nitrogens is 2. The molecule has 1 fully saturated rings. The summed E-state index contributed by atoms with van der Waals surface area (Å²) >= 11 is 0. The van der Waals surface area contributed by atoms with Crippen LogP contribution in [0.1, 0.15) is 44.6 Å². The van der Waals surface area contributed by atoms with Crippen LogP contribution < -0.4 is 5.73 Å². The Morgan fingerprint density at radius 3 is 2.82 bits per heavy atom. The van der Waals surface area contributed by atoms with Gasteiger partial charge in [0, 0.05) is 24.8 Å². The molecule has 0 radical (unpaired) electrons. The maximum atomic E-state index is 5.90. The van der Waals surface area contributed by atoms with Gasteiger partial charge in [-0.3, -0.25) is 4.68 Å². The quantitative estimate of drug-likeness (QED) is 0.869. The highest BCUT2D eigenvalue weighted by Crippen LogP contribution is 2.30. The van der Waals surface area contributed by atoms with E-state index in [0.29, 0.717) is 12.5 Å². The third kappa shape index (κ3) is 3.19. The molecule has 0 saturated heterocycles. The smallest absolute Gasteiger partial charge is 0.0562 e. The zero-order chi connectivity index (χ0) is 12.1. The number of nitrogens with zero attached hydrogens (tertiary/aromatic N) is 2. The van der Waals surface area contributed by atoms with E-state index in [1.54, 1.807) is 0 Å². The van der Waals surface area contributed by atoms with Crippen molar-refractivity contribution in [3.8, 4) is 0 Å². The molecule has 3 nitrogen and oxygen atoms in total. The molecule has 1 saturated carbocycles. The molecule has 1 aromatic heterocycles. The van der Waals surface area contributed by atoms with Gasteiger partial charge in [0.05, 0.1) is 6.20 Å². The molecular formula is C14H23N3. The second-order valence-electron chi connectivity index (χ2n) is 4.89. The highest BCUT2D eigenvalue weighted by molar-refractivity contribution is 5.52. The Morgan fingerprint density at radius 2 is 2.24 bits per heavy atom. The molecule has 17 heavy (non-hydrogen) atoms. The number of aryl methyl sites for hydroxylation is 1. The molecule has 0 bridgehead atoms. The van der Waals surface area contributed by atoms with Crippen molar-refractivity contribution in [2.75, 3.05) is 6.54 Å². The van der Waals surface area contributed by atoms with Crippen molar-refractivity contribution in [2.45, 2.75) is 45.6 Å². The van der Waals surface area contributed by atoms with Crippen molar-refractivity contribution < 1.29 is 0 Å². The fourth-order valence-electron chi connectivity index (χ4n) is 2.66. The number of hydrogen-bond acceptors (Lipinski definition) is 2. The van der Waals surface area contributed by atoms with Crippen LogP contribution in [0.2, 0.25) is 0 Å². The average Bonchev–Trinajstić information content (AvgIpc) is 2.84. The summed E-state index contributed by atoms with van der Waals surface area (Å²) in [6.45, 7) is 3.71. The Bertz CT molecular complexity index is 373. The van der Waals surface area contributed by atoms with Crippen LogP contribution in [-0.2, 0) is 6.54 Å². The Kier molecular flexibility index (Phi) is 4.37. The minimum atomic E-state index is 0.683. The van der Waals surface area contributed by atoms with Gasteiger partial charge in [0.15, 0.2) is 0 Å². The molecule has 2 N–H and O–H groups in total. The summed E-state index contributed by atoms with van der Waals surface area (Å²) in [6.07, 6.45) is 13.0. The van der Waals surface area contributed by atoms with Gasteiger partial charge in [0.2, 0.25) is 0 Å². The first-order chi connectivity index (χ1) is 8.33. The molecule has 1 heterocycles. The first-order valence-corrected chi connectivity index (χ1v) is 6.76. The molecule has 0 amide bonds. The topological polar surface area (TPSA) is 43.8 Å². The van der Waals surface area contributed by atoms with Gasteiger partial charge >= 0.3 is 0 Å². The van der Waals surface area contributed by atoms with E-state index in [1.165, 1.54) is 43.2 Å². The molecular weight excluding hydrogens is 210 g/mol. The maximum absolute atomic E-state index is 5.90. The molecule has 0 aromatic carbocycles. The number of rotatable bonds is 4. The second kappa shape index (κ2) is 6.01. The van der Waals surface area contributed by atoms with Crippen LogP contribution in [0.15, 0.2) is 18.0 Å². The van der Waals surface area contributed by atoms with Crippen LogP contribution in [0.25, 0.3) is 6.08 Å². The van der Waals surface area contributed by atoms with Gasteiger partial charge in [-0.05, 0) is 25.7 Å². The third-order valence-electron chi connectivity index (χ3n) is 3.69. The lowest BCUT2D eigenvalue weighted by Crippen LogP contribution is -2.15. The Morgan fingerprint density at radius 1 is 1.47 bits per heavy atom. The lowest BCUT2D eigenvalue weighted by molar-refractivity contribution is 0.401. The van der Waals surface area contributed by atoms with Crippen LogP contribution in [0.3, 0.4) is 0 Å². The molecule has 0 atom stereocenters. The third-order valence-corrected chi connectivity index (χ3v) is 3.69. The summed E-state index contributed by atoms with van der Waals surface area (Å²) < 4.78 is 1.96. The fourth-order valence-corrected chi connectivity index (χ4v) is 2.66. The van der Waals surface area contributed by atoms with Gasteiger partial charge in [0.1, 0.15) is 0 Å². The van der Waals surface area contributed by atoms with E-state index in [2.05, 4.69) is 24.3 Å². The standard InChI is InChI=1S/C14H23N3/c1-2-17-11-12(10-16-17)8-14(9-15)13-6-4-3-5-7-13/h8,10-11,13H,2-7,9,15H2,1H3/b14-8-. The minimum absolute atomic E-state index is 0.683. The average molecular weight is 233 g/mol. The summed E-state index contributed by atoms with van der Waals surface area (Å²) in [6, 6.07) is 0. The summed E-state index contributed by atoms with van der Waals surface area (Å²) in [4.78, 5) is 0. The van der Waals surface area contributed by atoms with E-state index in [-0.39, 0.29) is 0 Å². The van der Waals surface area contributed by atoms with Crippen molar-refractivity contribution in [3.63, 3.8) is 0 Å². The predicted molar refractivity (Wildman–Crippen MR) is 71.5 cm³/mol. The zero-order valence-electron chi connectivity index (χ0n) is 10.7. The molecule has 2 rings (SSSR count). The van der Waals surface area contributed by atoms with Crippen LogP contribution in [0.5, 0.6) is 0 Å². The lowest BCUT2D eigenvalue weighted by Gasteiger charge is -2.23. The molecule has 3 heteroatoms.